The molecule has 8 rings (SSSR count). The molecule has 0 spiro atoms. The highest BCUT2D eigenvalue weighted by Gasteiger charge is 2.36. The maximum atomic E-state index is 14.0. The lowest BCUT2D eigenvalue weighted by atomic mass is 9.92. The van der Waals surface area contributed by atoms with Gasteiger partial charge < -0.3 is 39.6 Å². The number of halogens is 2. The molecular weight excluding hydrogens is 843 g/mol. The molecule has 324 valence electrons. The Morgan fingerprint density at radius 3 is 2.33 bits per heavy atom. The number of aryl methyl sites for hydroxylation is 2. The lowest BCUT2D eigenvalue weighted by Crippen LogP contribution is -2.54. The van der Waals surface area contributed by atoms with Crippen LogP contribution in [-0.4, -0.2) is 52.6 Å². The highest BCUT2D eigenvalue weighted by atomic mass is 35.5. The van der Waals surface area contributed by atoms with Crippen molar-refractivity contribution in [2.45, 2.75) is 58.9 Å². The molecule has 0 saturated heterocycles. The molecule has 5 aromatic carbocycles. The lowest BCUT2D eigenvalue weighted by Gasteiger charge is -2.37. The van der Waals surface area contributed by atoms with Gasteiger partial charge in [0.2, 0.25) is 5.91 Å². The number of nitrogens with one attached hydrogen (secondary N) is 2. The molecule has 0 aliphatic carbocycles. The minimum atomic E-state index is -0.753. The molecule has 2 aliphatic rings. The summed E-state index contributed by atoms with van der Waals surface area (Å²) in [6.45, 7) is 6.87. The number of anilines is 1. The van der Waals surface area contributed by atoms with Crippen LogP contribution in [0.2, 0.25) is 10.0 Å². The van der Waals surface area contributed by atoms with Crippen LogP contribution in [0.5, 0.6) is 28.7 Å². The summed E-state index contributed by atoms with van der Waals surface area (Å²) < 4.78 is 24.8. The normalized spacial score (nSPS) is 14.9. The van der Waals surface area contributed by atoms with E-state index in [0.717, 1.165) is 56.1 Å². The second kappa shape index (κ2) is 20.4. The molecule has 2 unspecified atom stereocenters. The number of carboxylic acid groups (broad SMARTS) is 1. The largest absolute Gasteiger partial charge is 0.489 e. The Hall–Kier alpha value is -6.76. The highest BCUT2D eigenvalue weighted by Crippen LogP contribution is 2.41. The summed E-state index contributed by atoms with van der Waals surface area (Å²) in [5, 5.41) is 14.0. The molecule has 0 radical (unpaired) electrons. The number of hydrogen-bond acceptors (Lipinski definition) is 8. The third-order valence-electron chi connectivity index (χ3n) is 10.9. The second-order valence-corrected chi connectivity index (χ2v) is 15.9. The number of para-hydroxylation sites is 1. The fraction of sp³-hybridized carbons (Fsp3) is 0.224. The third kappa shape index (κ3) is 11.0. The number of ether oxygens (including phenoxy) is 4. The Labute approximate surface area is 375 Å². The first-order valence-electron chi connectivity index (χ1n) is 20.3. The summed E-state index contributed by atoms with van der Waals surface area (Å²) in [6.07, 6.45) is 2.29. The number of carbonyl (C=O) groups excluding carboxylic acids is 2. The Morgan fingerprint density at radius 1 is 0.873 bits per heavy atom. The van der Waals surface area contributed by atoms with E-state index in [2.05, 4.69) is 15.6 Å². The van der Waals surface area contributed by atoms with Gasteiger partial charge in [-0.25, -0.2) is 4.79 Å². The molecule has 0 fully saturated rings. The van der Waals surface area contributed by atoms with E-state index in [-0.39, 0.29) is 31.1 Å². The van der Waals surface area contributed by atoms with Crippen molar-refractivity contribution in [3.8, 4) is 28.7 Å². The number of pyridine rings is 1. The zero-order valence-corrected chi connectivity index (χ0v) is 36.4. The van der Waals surface area contributed by atoms with Crippen molar-refractivity contribution in [1.82, 2.24) is 15.2 Å². The Kier molecular flexibility index (Phi) is 14.3. The average molecular weight is 890 g/mol. The summed E-state index contributed by atoms with van der Waals surface area (Å²) in [5.74, 6) is 3.13. The van der Waals surface area contributed by atoms with Gasteiger partial charge in [0, 0.05) is 42.7 Å². The molecule has 3 amide bonds. The second-order valence-electron chi connectivity index (χ2n) is 15.1. The van der Waals surface area contributed by atoms with Gasteiger partial charge in [0.15, 0.2) is 17.6 Å². The summed E-state index contributed by atoms with van der Waals surface area (Å²) >= 11 is 12.2. The number of hydrogen-bond donors (Lipinski definition) is 3. The first-order chi connectivity index (χ1) is 30.5. The van der Waals surface area contributed by atoms with E-state index in [1.807, 2.05) is 118 Å². The van der Waals surface area contributed by atoms with E-state index >= 15 is 0 Å². The van der Waals surface area contributed by atoms with E-state index in [4.69, 9.17) is 52.1 Å². The molecule has 63 heavy (non-hydrogen) atoms. The van der Waals surface area contributed by atoms with Crippen molar-refractivity contribution in [2.24, 2.45) is 0 Å². The maximum Gasteiger partial charge on any atom is 0.322 e. The Balaban J connectivity index is 0.00000193. The third-order valence-corrected chi connectivity index (χ3v) is 11.7. The fourth-order valence-corrected chi connectivity index (χ4v) is 7.59. The van der Waals surface area contributed by atoms with Gasteiger partial charge in [-0.2, -0.15) is 0 Å². The SMILES string of the molecule is Cc1ccccc1NC(=O)N1Cc2cc3c(cc2CC1C(=O)NCCc1ccc(Oc2ccnc(C)c2C)cc1)OCC(c1ccc(OCc2ccc(Cl)c(Cl)c2)cc1)O3.O=CO. The van der Waals surface area contributed by atoms with Crippen LogP contribution in [0.15, 0.2) is 115 Å². The van der Waals surface area contributed by atoms with Crippen molar-refractivity contribution >= 4 is 47.3 Å². The van der Waals surface area contributed by atoms with Gasteiger partial charge in [0.05, 0.1) is 10.0 Å². The number of urea groups is 1. The van der Waals surface area contributed by atoms with E-state index in [1.165, 1.54) is 0 Å². The van der Waals surface area contributed by atoms with Gasteiger partial charge in [-0.05, 0) is 121 Å². The van der Waals surface area contributed by atoms with Crippen molar-refractivity contribution in [2.75, 3.05) is 18.5 Å². The Morgan fingerprint density at radius 2 is 1.59 bits per heavy atom. The number of nitrogens with zero attached hydrogens (tertiary/aromatic N) is 2. The molecule has 1 aromatic heterocycles. The lowest BCUT2D eigenvalue weighted by molar-refractivity contribution is -0.126. The summed E-state index contributed by atoms with van der Waals surface area (Å²) in [4.78, 5) is 42.2. The molecule has 14 heteroatoms. The monoisotopic (exact) mass is 888 g/mol. The molecular formula is C49H46Cl2N4O8. The van der Waals surface area contributed by atoms with Gasteiger partial charge in [-0.15, -0.1) is 0 Å². The minimum Gasteiger partial charge on any atom is -0.489 e. The summed E-state index contributed by atoms with van der Waals surface area (Å²) in [5.41, 5.74) is 8.21. The average Bonchev–Trinajstić information content (AvgIpc) is 3.28. The van der Waals surface area contributed by atoms with Crippen LogP contribution in [0.1, 0.15) is 50.7 Å². The number of amides is 3. The molecule has 12 nitrogen and oxygen atoms in total. The van der Waals surface area contributed by atoms with Crippen LogP contribution in [0, 0.1) is 20.8 Å². The molecule has 0 saturated carbocycles. The zero-order valence-electron chi connectivity index (χ0n) is 34.9. The number of benzene rings is 5. The first-order valence-corrected chi connectivity index (χ1v) is 21.0. The number of rotatable bonds is 11. The van der Waals surface area contributed by atoms with Crippen molar-refractivity contribution in [3.05, 3.63) is 170 Å². The smallest absolute Gasteiger partial charge is 0.322 e. The fourth-order valence-electron chi connectivity index (χ4n) is 7.26. The van der Waals surface area contributed by atoms with E-state index in [1.54, 1.807) is 23.2 Å². The van der Waals surface area contributed by atoms with Crippen molar-refractivity contribution < 1.29 is 38.4 Å². The number of fused-ring (bicyclic) bond motifs is 2. The van der Waals surface area contributed by atoms with Gasteiger partial charge in [0.25, 0.3) is 6.47 Å². The van der Waals surface area contributed by atoms with Crippen LogP contribution >= 0.6 is 23.2 Å². The van der Waals surface area contributed by atoms with E-state index in [0.29, 0.717) is 65.6 Å². The van der Waals surface area contributed by atoms with E-state index in [9.17, 15) is 9.59 Å². The topological polar surface area (TPSA) is 149 Å². The predicted octanol–water partition coefficient (Wildman–Crippen LogP) is 10.2. The summed E-state index contributed by atoms with van der Waals surface area (Å²) in [7, 11) is 0. The molecule has 2 aliphatic heterocycles. The molecule has 6 aromatic rings. The molecule has 3 heterocycles. The first kappa shape index (κ1) is 44.3. The van der Waals surface area contributed by atoms with Crippen molar-refractivity contribution in [1.29, 1.82) is 0 Å². The van der Waals surface area contributed by atoms with Gasteiger partial charge in [-0.1, -0.05) is 71.7 Å². The predicted molar refractivity (Wildman–Crippen MR) is 241 cm³/mol. The van der Waals surface area contributed by atoms with Crippen LogP contribution < -0.4 is 29.6 Å². The highest BCUT2D eigenvalue weighted by molar-refractivity contribution is 6.42. The number of aromatic nitrogens is 1. The quantitative estimate of drug-likeness (QED) is 0.108. The van der Waals surface area contributed by atoms with Gasteiger partial charge in [-0.3, -0.25) is 14.6 Å². The minimum absolute atomic E-state index is 0.204. The van der Waals surface area contributed by atoms with E-state index < -0.39 is 6.04 Å². The zero-order chi connectivity index (χ0) is 44.5. The Bertz CT molecular complexity index is 2590. The molecule has 2 atom stereocenters. The van der Waals surface area contributed by atoms with Crippen LogP contribution in [0.4, 0.5) is 10.5 Å². The van der Waals surface area contributed by atoms with Gasteiger partial charge in [0.1, 0.15) is 36.5 Å². The molecule has 0 bridgehead atoms. The molecule has 3 N–H and O–H groups in total. The van der Waals surface area contributed by atoms with Crippen LogP contribution in [-0.2, 0) is 35.6 Å². The number of carbonyl (C=O) groups is 3. The van der Waals surface area contributed by atoms with Crippen molar-refractivity contribution in [3.63, 3.8) is 0 Å². The standard InChI is InChI=1S/C48H44Cl2N4O6.CH2O2/c1-29-6-4-5-7-41(29)53-48(56)54-26-36-25-45-44(58-28-46(60-45)34-11-15-37(16-12-34)57-27-33-10-17-39(49)40(50)22-33)24-35(36)23-42(54)47(55)52-20-18-32-8-13-38(14-9-32)59-43-19-21-51-31(3)30(43)2;2-1-3/h4-17,19,21-22,24-25,42,46H,18,20,23,26-28H2,1-3H3,(H,52,55)(H,53,56);1H,(H,2,3). The maximum absolute atomic E-state index is 14.0. The summed E-state index contributed by atoms with van der Waals surface area (Å²) in [6, 6.07) is 33.1. The van der Waals surface area contributed by atoms with Crippen LogP contribution in [0.25, 0.3) is 0 Å². The van der Waals surface area contributed by atoms with Crippen LogP contribution in [0.3, 0.4) is 0 Å². The van der Waals surface area contributed by atoms with Gasteiger partial charge >= 0.3 is 6.03 Å².